The zero-order valence-corrected chi connectivity index (χ0v) is 11.0. The third-order valence-electron chi connectivity index (χ3n) is 3.19. The number of anilines is 1. The number of fused-ring (bicyclic) bond motifs is 1. The lowest BCUT2D eigenvalue weighted by atomic mass is 10.1. The van der Waals surface area contributed by atoms with Crippen LogP contribution in [0.25, 0.3) is 0 Å². The predicted molar refractivity (Wildman–Crippen MR) is 73.2 cm³/mol. The first-order valence-electron chi connectivity index (χ1n) is 6.10. The highest BCUT2D eigenvalue weighted by atomic mass is 32.1. The van der Waals surface area contributed by atoms with Gasteiger partial charge >= 0.3 is 4.87 Å². The monoisotopic (exact) mass is 272 g/mol. The normalized spacial score (nSPS) is 13.0. The van der Waals surface area contributed by atoms with Crippen molar-refractivity contribution in [1.29, 1.82) is 5.26 Å². The van der Waals surface area contributed by atoms with Crippen molar-refractivity contribution in [1.82, 2.24) is 9.97 Å². The van der Waals surface area contributed by atoms with E-state index in [2.05, 4.69) is 21.4 Å². The zero-order chi connectivity index (χ0) is 13.2. The van der Waals surface area contributed by atoms with E-state index >= 15 is 0 Å². The zero-order valence-electron chi connectivity index (χ0n) is 10.2. The first-order valence-corrected chi connectivity index (χ1v) is 6.97. The van der Waals surface area contributed by atoms with E-state index in [1.165, 1.54) is 5.56 Å². The number of thiazole rings is 1. The summed E-state index contributed by atoms with van der Waals surface area (Å²) in [6, 6.07) is 4.10. The van der Waals surface area contributed by atoms with Crippen molar-refractivity contribution in [3.63, 3.8) is 0 Å². The summed E-state index contributed by atoms with van der Waals surface area (Å²) < 4.78 is 0. The minimum Gasteiger partial charge on any atom is -0.363 e. The summed E-state index contributed by atoms with van der Waals surface area (Å²) in [5.41, 5.74) is 3.64. The van der Waals surface area contributed by atoms with Crippen LogP contribution in [-0.2, 0) is 19.4 Å². The van der Waals surface area contributed by atoms with Crippen LogP contribution in [-0.4, -0.2) is 9.97 Å². The number of nitriles is 1. The number of aromatic amines is 1. The molecule has 6 heteroatoms. The molecule has 0 amide bonds. The number of pyridine rings is 1. The highest BCUT2D eigenvalue weighted by molar-refractivity contribution is 7.07. The van der Waals surface area contributed by atoms with Gasteiger partial charge in [0.15, 0.2) is 0 Å². The van der Waals surface area contributed by atoms with Crippen molar-refractivity contribution in [2.45, 2.75) is 25.8 Å². The Morgan fingerprint density at radius 3 is 3.16 bits per heavy atom. The molecule has 96 valence electrons. The lowest BCUT2D eigenvalue weighted by Crippen LogP contribution is -2.07. The number of hydrogen-bond acceptors (Lipinski definition) is 5. The van der Waals surface area contributed by atoms with E-state index in [4.69, 9.17) is 5.26 Å². The van der Waals surface area contributed by atoms with Crippen LogP contribution in [0.15, 0.2) is 16.2 Å². The van der Waals surface area contributed by atoms with Gasteiger partial charge in [0.1, 0.15) is 11.9 Å². The van der Waals surface area contributed by atoms with Crippen molar-refractivity contribution in [3.05, 3.63) is 43.6 Å². The quantitative estimate of drug-likeness (QED) is 0.892. The standard InChI is InChI=1S/C13H12N4OS/c14-5-9-4-8-2-1-3-11(8)17-12(9)15-6-10-7-19-13(18)16-10/h4,7H,1-3,6H2,(H,15,17)(H,16,18). The fraction of sp³-hybridized carbons (Fsp3) is 0.308. The van der Waals surface area contributed by atoms with E-state index < -0.39 is 0 Å². The molecular formula is C13H12N4OS. The van der Waals surface area contributed by atoms with Gasteiger partial charge in [0.05, 0.1) is 12.1 Å². The summed E-state index contributed by atoms with van der Waals surface area (Å²) >= 11 is 1.13. The number of aryl methyl sites for hydroxylation is 2. The smallest absolute Gasteiger partial charge is 0.304 e. The summed E-state index contributed by atoms with van der Waals surface area (Å²) in [6.07, 6.45) is 3.09. The second-order valence-electron chi connectivity index (χ2n) is 4.48. The van der Waals surface area contributed by atoms with Crippen LogP contribution in [0.2, 0.25) is 0 Å². The number of rotatable bonds is 3. The molecule has 5 nitrogen and oxygen atoms in total. The Kier molecular flexibility index (Phi) is 3.05. The molecule has 1 aliphatic rings. The van der Waals surface area contributed by atoms with E-state index in [1.807, 2.05) is 6.07 Å². The van der Waals surface area contributed by atoms with Crippen LogP contribution in [0.5, 0.6) is 0 Å². The Morgan fingerprint density at radius 1 is 1.53 bits per heavy atom. The number of aromatic nitrogens is 2. The summed E-state index contributed by atoms with van der Waals surface area (Å²) in [5, 5.41) is 14.1. The molecular weight excluding hydrogens is 260 g/mol. The third-order valence-corrected chi connectivity index (χ3v) is 3.91. The molecule has 0 aromatic carbocycles. The van der Waals surface area contributed by atoms with E-state index in [0.29, 0.717) is 17.9 Å². The summed E-state index contributed by atoms with van der Waals surface area (Å²) in [5.74, 6) is 0.607. The van der Waals surface area contributed by atoms with Crippen LogP contribution in [0.1, 0.15) is 28.9 Å². The molecule has 0 saturated carbocycles. The predicted octanol–water partition coefficient (Wildman–Crippen LogP) is 1.80. The van der Waals surface area contributed by atoms with Gasteiger partial charge in [-0.05, 0) is 30.9 Å². The second kappa shape index (κ2) is 4.86. The minimum atomic E-state index is -0.0702. The topological polar surface area (TPSA) is 81.6 Å². The van der Waals surface area contributed by atoms with Crippen LogP contribution in [0.4, 0.5) is 5.82 Å². The number of H-pyrrole nitrogens is 1. The van der Waals surface area contributed by atoms with Gasteiger partial charge in [-0.15, -0.1) is 0 Å². The second-order valence-corrected chi connectivity index (χ2v) is 5.32. The highest BCUT2D eigenvalue weighted by Crippen LogP contribution is 2.25. The van der Waals surface area contributed by atoms with Gasteiger partial charge < -0.3 is 10.3 Å². The maximum Gasteiger partial charge on any atom is 0.304 e. The average Bonchev–Trinajstić information content (AvgIpc) is 3.03. The van der Waals surface area contributed by atoms with Gasteiger partial charge in [-0.25, -0.2) is 4.98 Å². The molecule has 0 unspecified atom stereocenters. The fourth-order valence-electron chi connectivity index (χ4n) is 2.27. The van der Waals surface area contributed by atoms with E-state index in [1.54, 1.807) is 5.38 Å². The van der Waals surface area contributed by atoms with E-state index in [9.17, 15) is 4.79 Å². The van der Waals surface area contributed by atoms with Crippen LogP contribution < -0.4 is 10.2 Å². The first kappa shape index (κ1) is 11.9. The van der Waals surface area contributed by atoms with Gasteiger partial charge in [-0.2, -0.15) is 5.26 Å². The SMILES string of the molecule is N#Cc1cc2c(nc1NCc1csc(=O)[nH]1)CCC2. The summed E-state index contributed by atoms with van der Waals surface area (Å²) in [4.78, 5) is 18.2. The van der Waals surface area contributed by atoms with E-state index in [0.717, 1.165) is 42.0 Å². The summed E-state index contributed by atoms with van der Waals surface area (Å²) in [6.45, 7) is 0.471. The molecule has 2 N–H and O–H groups in total. The molecule has 0 radical (unpaired) electrons. The van der Waals surface area contributed by atoms with Gasteiger partial charge in [-0.3, -0.25) is 4.79 Å². The van der Waals surface area contributed by atoms with Crippen molar-refractivity contribution in [2.24, 2.45) is 0 Å². The lowest BCUT2D eigenvalue weighted by Gasteiger charge is -2.08. The highest BCUT2D eigenvalue weighted by Gasteiger charge is 2.16. The Morgan fingerprint density at radius 2 is 2.42 bits per heavy atom. The van der Waals surface area contributed by atoms with Crippen LogP contribution in [0, 0.1) is 11.3 Å². The number of nitrogens with one attached hydrogen (secondary N) is 2. The maximum atomic E-state index is 11.0. The average molecular weight is 272 g/mol. The van der Waals surface area contributed by atoms with Crippen molar-refractivity contribution < 1.29 is 0 Å². The number of nitrogens with zero attached hydrogens (tertiary/aromatic N) is 2. The Hall–Kier alpha value is -2.13. The van der Waals surface area contributed by atoms with Crippen molar-refractivity contribution in [2.75, 3.05) is 5.32 Å². The van der Waals surface area contributed by atoms with E-state index in [-0.39, 0.29) is 4.87 Å². The Bertz CT molecular complexity index is 710. The molecule has 0 bridgehead atoms. The molecule has 0 aliphatic heterocycles. The van der Waals surface area contributed by atoms with Crippen molar-refractivity contribution in [3.8, 4) is 6.07 Å². The Balaban J connectivity index is 1.84. The molecule has 0 fully saturated rings. The van der Waals surface area contributed by atoms with Crippen LogP contribution in [0.3, 0.4) is 0 Å². The molecule has 19 heavy (non-hydrogen) atoms. The molecule has 2 aromatic rings. The van der Waals surface area contributed by atoms with Gasteiger partial charge in [0.2, 0.25) is 0 Å². The molecule has 2 aromatic heterocycles. The third kappa shape index (κ3) is 2.37. The first-order chi connectivity index (χ1) is 9.26. The molecule has 0 spiro atoms. The molecule has 1 aliphatic carbocycles. The van der Waals surface area contributed by atoms with Gasteiger partial charge in [-0.1, -0.05) is 11.3 Å². The van der Waals surface area contributed by atoms with Crippen LogP contribution >= 0.6 is 11.3 Å². The lowest BCUT2D eigenvalue weighted by molar-refractivity contribution is 0.898. The molecule has 0 saturated heterocycles. The minimum absolute atomic E-state index is 0.0702. The van der Waals surface area contributed by atoms with Gasteiger partial charge in [0, 0.05) is 16.8 Å². The maximum absolute atomic E-state index is 11.0. The molecule has 2 heterocycles. The summed E-state index contributed by atoms with van der Waals surface area (Å²) in [7, 11) is 0. The Labute approximate surface area is 113 Å². The largest absolute Gasteiger partial charge is 0.363 e. The fourth-order valence-corrected chi connectivity index (χ4v) is 2.85. The number of hydrogen-bond donors (Lipinski definition) is 2. The molecule has 3 rings (SSSR count). The molecule has 0 atom stereocenters. The van der Waals surface area contributed by atoms with Gasteiger partial charge in [0.25, 0.3) is 0 Å². The van der Waals surface area contributed by atoms with Crippen molar-refractivity contribution >= 4 is 17.2 Å².